The summed E-state index contributed by atoms with van der Waals surface area (Å²) in [4.78, 5) is 22.6. The Hall–Kier alpha value is -1.14. The van der Waals surface area contributed by atoms with Gasteiger partial charge in [0.2, 0.25) is 11.8 Å². The van der Waals surface area contributed by atoms with E-state index in [1.165, 1.54) is 0 Å². The molecule has 4 N–H and O–H groups in total. The van der Waals surface area contributed by atoms with E-state index in [1.807, 2.05) is 0 Å². The van der Waals surface area contributed by atoms with Gasteiger partial charge in [0, 0.05) is 13.2 Å². The molecule has 14 heavy (non-hydrogen) atoms. The van der Waals surface area contributed by atoms with Gasteiger partial charge in [0.15, 0.2) is 0 Å². The third kappa shape index (κ3) is 2.43. The summed E-state index contributed by atoms with van der Waals surface area (Å²) in [5.41, 5.74) is 0. The maximum atomic E-state index is 11.3. The van der Waals surface area contributed by atoms with Gasteiger partial charge in [-0.3, -0.25) is 9.59 Å². The Labute approximate surface area is 81.3 Å². The number of nitrogens with one attached hydrogen (secondary N) is 2. The number of carbonyl (C=O) groups is 2. The van der Waals surface area contributed by atoms with Crippen molar-refractivity contribution in [3.63, 3.8) is 0 Å². The Morgan fingerprint density at radius 1 is 0.929 bits per heavy atom. The number of aliphatic hydroxyl groups is 2. The van der Waals surface area contributed by atoms with Crippen LogP contribution in [0, 0.1) is 0 Å². The number of carbonyl (C=O) groups excluding carboxylic acids is 2. The van der Waals surface area contributed by atoms with Crippen LogP contribution >= 0.6 is 0 Å². The molecule has 1 rings (SSSR count). The van der Waals surface area contributed by atoms with Crippen molar-refractivity contribution in [2.24, 2.45) is 0 Å². The zero-order chi connectivity index (χ0) is 10.6. The van der Waals surface area contributed by atoms with Crippen LogP contribution in [0.5, 0.6) is 0 Å². The number of piperazine rings is 1. The van der Waals surface area contributed by atoms with E-state index in [0.717, 1.165) is 0 Å². The average Bonchev–Trinajstić information content (AvgIpc) is 2.14. The largest absolute Gasteiger partial charge is 0.396 e. The smallest absolute Gasteiger partial charge is 0.243 e. The molecule has 1 fully saturated rings. The first-order valence-corrected chi connectivity index (χ1v) is 4.51. The van der Waals surface area contributed by atoms with Crippen LogP contribution in [-0.4, -0.2) is 47.3 Å². The molecule has 2 amide bonds. The van der Waals surface area contributed by atoms with Crippen molar-refractivity contribution in [3.05, 3.63) is 0 Å². The lowest BCUT2D eigenvalue weighted by Gasteiger charge is -2.28. The molecule has 0 bridgehead atoms. The molecule has 0 aliphatic carbocycles. The highest BCUT2D eigenvalue weighted by atomic mass is 16.3. The number of hydrogen-bond acceptors (Lipinski definition) is 4. The first kappa shape index (κ1) is 10.9. The molecule has 1 aliphatic heterocycles. The predicted molar refractivity (Wildman–Crippen MR) is 47.3 cm³/mol. The molecule has 0 spiro atoms. The minimum absolute atomic E-state index is 0.150. The standard InChI is InChI=1S/C8H14N2O4/c11-3-1-5-7(13)10-6(2-4-12)8(14)9-5/h5-6,11-12H,1-4H2,(H,9,14)(H,10,13)/t5-,6+. The lowest BCUT2D eigenvalue weighted by molar-refractivity contribution is -0.137. The Balaban J connectivity index is 2.53. The Morgan fingerprint density at radius 2 is 1.29 bits per heavy atom. The van der Waals surface area contributed by atoms with Crippen LogP contribution in [0.2, 0.25) is 0 Å². The van der Waals surface area contributed by atoms with E-state index in [9.17, 15) is 9.59 Å². The van der Waals surface area contributed by atoms with E-state index in [2.05, 4.69) is 10.6 Å². The van der Waals surface area contributed by atoms with Crippen LogP contribution in [0.1, 0.15) is 12.8 Å². The first-order chi connectivity index (χ1) is 6.69. The van der Waals surface area contributed by atoms with Gasteiger partial charge in [0.1, 0.15) is 12.1 Å². The van der Waals surface area contributed by atoms with Crippen molar-refractivity contribution in [2.75, 3.05) is 13.2 Å². The van der Waals surface area contributed by atoms with E-state index >= 15 is 0 Å². The van der Waals surface area contributed by atoms with E-state index in [4.69, 9.17) is 10.2 Å². The molecule has 1 heterocycles. The minimum atomic E-state index is -0.651. The van der Waals surface area contributed by atoms with Crippen molar-refractivity contribution in [3.8, 4) is 0 Å². The van der Waals surface area contributed by atoms with Crippen LogP contribution in [0.3, 0.4) is 0 Å². The van der Waals surface area contributed by atoms with Crippen molar-refractivity contribution < 1.29 is 19.8 Å². The summed E-state index contributed by atoms with van der Waals surface area (Å²) < 4.78 is 0. The van der Waals surface area contributed by atoms with E-state index < -0.39 is 12.1 Å². The molecular formula is C8H14N2O4. The minimum Gasteiger partial charge on any atom is -0.396 e. The molecule has 0 radical (unpaired) electrons. The molecule has 6 heteroatoms. The molecular weight excluding hydrogens is 188 g/mol. The van der Waals surface area contributed by atoms with Crippen LogP contribution in [-0.2, 0) is 9.59 Å². The summed E-state index contributed by atoms with van der Waals surface area (Å²) in [6.07, 6.45) is 0.423. The summed E-state index contributed by atoms with van der Waals surface area (Å²) in [5, 5.41) is 22.2. The highest BCUT2D eigenvalue weighted by Gasteiger charge is 2.32. The maximum absolute atomic E-state index is 11.3. The summed E-state index contributed by atoms with van der Waals surface area (Å²) >= 11 is 0. The second kappa shape index (κ2) is 4.92. The molecule has 2 atom stereocenters. The number of rotatable bonds is 4. The van der Waals surface area contributed by atoms with Gasteiger partial charge in [-0.05, 0) is 12.8 Å². The van der Waals surface area contributed by atoms with E-state index in [-0.39, 0.29) is 37.9 Å². The lowest BCUT2D eigenvalue weighted by Crippen LogP contribution is -2.61. The van der Waals surface area contributed by atoms with Crippen LogP contribution in [0.15, 0.2) is 0 Å². The third-order valence-corrected chi connectivity index (χ3v) is 2.10. The van der Waals surface area contributed by atoms with Crippen molar-refractivity contribution in [1.82, 2.24) is 10.6 Å². The summed E-state index contributed by atoms with van der Waals surface area (Å²) in [6, 6.07) is -1.30. The van der Waals surface area contributed by atoms with Crippen molar-refractivity contribution in [2.45, 2.75) is 24.9 Å². The van der Waals surface area contributed by atoms with Gasteiger partial charge in [-0.15, -0.1) is 0 Å². The number of aliphatic hydroxyl groups excluding tert-OH is 2. The SMILES string of the molecule is O=C1N[C@H](CCO)C(=O)N[C@H]1CCO. The quantitative estimate of drug-likeness (QED) is 0.413. The molecule has 0 unspecified atom stereocenters. The molecule has 0 aromatic heterocycles. The van der Waals surface area contributed by atoms with Crippen molar-refractivity contribution >= 4 is 11.8 Å². The van der Waals surface area contributed by atoms with Gasteiger partial charge >= 0.3 is 0 Å². The predicted octanol–water partition coefficient (Wildman–Crippen LogP) is -2.27. The molecule has 0 aromatic rings. The van der Waals surface area contributed by atoms with E-state index in [0.29, 0.717) is 0 Å². The second-order valence-corrected chi connectivity index (χ2v) is 3.15. The Morgan fingerprint density at radius 3 is 1.57 bits per heavy atom. The first-order valence-electron chi connectivity index (χ1n) is 4.51. The van der Waals surface area contributed by atoms with Gasteiger partial charge < -0.3 is 20.8 Å². The van der Waals surface area contributed by atoms with Gasteiger partial charge in [0.05, 0.1) is 0 Å². The molecule has 6 nitrogen and oxygen atoms in total. The van der Waals surface area contributed by atoms with Gasteiger partial charge in [-0.2, -0.15) is 0 Å². The normalized spacial score (nSPS) is 27.0. The van der Waals surface area contributed by atoms with Crippen LogP contribution in [0.4, 0.5) is 0 Å². The molecule has 1 saturated heterocycles. The number of amides is 2. The summed E-state index contributed by atoms with van der Waals surface area (Å²) in [7, 11) is 0. The van der Waals surface area contributed by atoms with Gasteiger partial charge in [-0.1, -0.05) is 0 Å². The second-order valence-electron chi connectivity index (χ2n) is 3.15. The monoisotopic (exact) mass is 202 g/mol. The van der Waals surface area contributed by atoms with Crippen LogP contribution < -0.4 is 10.6 Å². The zero-order valence-electron chi connectivity index (χ0n) is 7.69. The Bertz CT molecular complexity index is 207. The fraction of sp³-hybridized carbons (Fsp3) is 0.750. The topological polar surface area (TPSA) is 98.7 Å². The fourth-order valence-corrected chi connectivity index (χ4v) is 1.34. The molecule has 1 aliphatic rings. The summed E-state index contributed by atoms with van der Waals surface area (Å²) in [6.45, 7) is -0.300. The molecule has 80 valence electrons. The van der Waals surface area contributed by atoms with Gasteiger partial charge in [0.25, 0.3) is 0 Å². The van der Waals surface area contributed by atoms with Crippen molar-refractivity contribution in [1.29, 1.82) is 0 Å². The van der Waals surface area contributed by atoms with Gasteiger partial charge in [-0.25, -0.2) is 0 Å². The zero-order valence-corrected chi connectivity index (χ0v) is 7.69. The average molecular weight is 202 g/mol. The molecule has 0 saturated carbocycles. The van der Waals surface area contributed by atoms with Crippen LogP contribution in [0.25, 0.3) is 0 Å². The third-order valence-electron chi connectivity index (χ3n) is 2.10. The Kier molecular flexibility index (Phi) is 3.84. The number of hydrogen-bond donors (Lipinski definition) is 4. The maximum Gasteiger partial charge on any atom is 0.243 e. The van der Waals surface area contributed by atoms with E-state index in [1.54, 1.807) is 0 Å². The highest BCUT2D eigenvalue weighted by molar-refractivity contribution is 5.96. The lowest BCUT2D eigenvalue weighted by atomic mass is 10.1. The molecule has 0 aromatic carbocycles. The summed E-state index contributed by atoms with van der Waals surface area (Å²) in [5.74, 6) is -0.616. The highest BCUT2D eigenvalue weighted by Crippen LogP contribution is 2.03. The fourth-order valence-electron chi connectivity index (χ4n) is 1.34.